The number of nitrogens with one attached hydrogen (secondary N) is 1. The van der Waals surface area contributed by atoms with Gasteiger partial charge in [-0.2, -0.15) is 5.10 Å². The van der Waals surface area contributed by atoms with Gasteiger partial charge in [0.15, 0.2) is 0 Å². The predicted octanol–water partition coefficient (Wildman–Crippen LogP) is 4.69. The highest BCUT2D eigenvalue weighted by Gasteiger charge is 2.32. The molecule has 7 nitrogen and oxygen atoms in total. The summed E-state index contributed by atoms with van der Waals surface area (Å²) in [5.41, 5.74) is 1.70. The summed E-state index contributed by atoms with van der Waals surface area (Å²) in [5, 5.41) is 8.41. The van der Waals surface area contributed by atoms with Crippen LogP contribution in [0.25, 0.3) is 10.8 Å². The first-order valence-corrected chi connectivity index (χ1v) is 11.5. The lowest BCUT2D eigenvalue weighted by Gasteiger charge is -2.27. The van der Waals surface area contributed by atoms with Gasteiger partial charge in [0.2, 0.25) is 5.91 Å². The first kappa shape index (κ1) is 23.3. The third-order valence-corrected chi connectivity index (χ3v) is 6.25. The molecule has 182 valence electrons. The fraction of sp³-hybridized carbons (Fsp3) is 0.185. The molecule has 9 heteroatoms. The smallest absolute Gasteiger partial charge is 0.261 e. The Morgan fingerprint density at radius 2 is 1.69 bits per heavy atom. The Labute approximate surface area is 205 Å². The number of halogens is 2. The number of carbonyl (C=O) groups excluding carboxylic acids is 3. The van der Waals surface area contributed by atoms with Crippen LogP contribution < -0.4 is 5.32 Å². The molecule has 0 bridgehead atoms. The number of hydrogen-bond donors (Lipinski definition) is 1. The lowest BCUT2D eigenvalue weighted by molar-refractivity contribution is -0.116. The van der Waals surface area contributed by atoms with Gasteiger partial charge >= 0.3 is 0 Å². The number of carbonyl (C=O) groups is 3. The molecule has 3 amide bonds. The topological polar surface area (TPSA) is 84.3 Å². The molecule has 2 heterocycles. The molecule has 1 aliphatic rings. The van der Waals surface area contributed by atoms with Crippen LogP contribution in [0.5, 0.6) is 0 Å². The van der Waals surface area contributed by atoms with Crippen LogP contribution in [0, 0.1) is 18.6 Å². The van der Waals surface area contributed by atoms with Gasteiger partial charge in [-0.3, -0.25) is 19.3 Å². The highest BCUT2D eigenvalue weighted by atomic mass is 19.1. The summed E-state index contributed by atoms with van der Waals surface area (Å²) in [6.45, 7) is 1.77. The van der Waals surface area contributed by atoms with Crippen molar-refractivity contribution in [2.75, 3.05) is 11.9 Å². The number of imide groups is 1. The maximum atomic E-state index is 14.1. The predicted molar refractivity (Wildman–Crippen MR) is 130 cm³/mol. The van der Waals surface area contributed by atoms with E-state index in [0.717, 1.165) is 23.6 Å². The van der Waals surface area contributed by atoms with Crippen molar-refractivity contribution in [2.45, 2.75) is 26.3 Å². The number of aryl methyl sites for hydroxylation is 1. The molecule has 1 N–H and O–H groups in total. The van der Waals surface area contributed by atoms with Gasteiger partial charge in [-0.15, -0.1) is 0 Å². The molecule has 0 saturated heterocycles. The first-order chi connectivity index (χ1) is 17.3. The Morgan fingerprint density at radius 1 is 1.00 bits per heavy atom. The number of anilines is 1. The number of amides is 3. The SMILES string of the molecule is Cc1cnn(Cc2cc(F)ccc2F)c1NC(=O)CCCN1C(=O)c2cccc3cccc(c23)C1=O. The summed E-state index contributed by atoms with van der Waals surface area (Å²) in [4.78, 5) is 39.8. The van der Waals surface area contributed by atoms with E-state index in [2.05, 4.69) is 10.4 Å². The second-order valence-electron chi connectivity index (χ2n) is 8.69. The zero-order chi connectivity index (χ0) is 25.4. The number of hydrogen-bond acceptors (Lipinski definition) is 4. The summed E-state index contributed by atoms with van der Waals surface area (Å²) in [6.07, 6.45) is 1.82. The molecule has 0 saturated carbocycles. The molecular formula is C27H22F2N4O3. The lowest BCUT2D eigenvalue weighted by Crippen LogP contribution is -2.41. The molecule has 0 fully saturated rings. The molecular weight excluding hydrogens is 466 g/mol. The second kappa shape index (κ2) is 9.33. The van der Waals surface area contributed by atoms with E-state index in [1.807, 2.05) is 12.1 Å². The lowest BCUT2D eigenvalue weighted by atomic mass is 9.94. The Bertz CT molecular complexity index is 1480. The Kier molecular flexibility index (Phi) is 6.05. The zero-order valence-electron chi connectivity index (χ0n) is 19.4. The largest absolute Gasteiger partial charge is 0.311 e. The van der Waals surface area contributed by atoms with Gasteiger partial charge in [-0.25, -0.2) is 13.5 Å². The van der Waals surface area contributed by atoms with Crippen molar-refractivity contribution >= 4 is 34.3 Å². The molecule has 3 aromatic carbocycles. The van der Waals surface area contributed by atoms with Gasteiger partial charge in [-0.05, 0) is 49.1 Å². The maximum Gasteiger partial charge on any atom is 0.261 e. The molecule has 4 aromatic rings. The Balaban J connectivity index is 1.24. The first-order valence-electron chi connectivity index (χ1n) is 11.5. The average Bonchev–Trinajstić information content (AvgIpc) is 3.20. The quantitative estimate of drug-likeness (QED) is 0.383. The van der Waals surface area contributed by atoms with Crippen LogP contribution in [0.2, 0.25) is 0 Å². The van der Waals surface area contributed by atoms with Crippen LogP contribution in [-0.2, 0) is 11.3 Å². The Morgan fingerprint density at radius 3 is 2.39 bits per heavy atom. The van der Waals surface area contributed by atoms with Crippen LogP contribution in [-0.4, -0.2) is 38.9 Å². The Hall–Kier alpha value is -4.40. The average molecular weight is 488 g/mol. The van der Waals surface area contributed by atoms with E-state index in [9.17, 15) is 23.2 Å². The van der Waals surface area contributed by atoms with Gasteiger partial charge < -0.3 is 5.32 Å². The zero-order valence-corrected chi connectivity index (χ0v) is 19.4. The van der Waals surface area contributed by atoms with Crippen molar-refractivity contribution in [2.24, 2.45) is 0 Å². The third-order valence-electron chi connectivity index (χ3n) is 6.25. The van der Waals surface area contributed by atoms with Gasteiger partial charge in [-0.1, -0.05) is 24.3 Å². The minimum absolute atomic E-state index is 0.0435. The highest BCUT2D eigenvalue weighted by molar-refractivity contribution is 6.25. The number of rotatable bonds is 7. The summed E-state index contributed by atoms with van der Waals surface area (Å²) < 4.78 is 29.0. The van der Waals surface area contributed by atoms with Crippen molar-refractivity contribution in [3.05, 3.63) is 94.7 Å². The van der Waals surface area contributed by atoms with Crippen LogP contribution in [0.1, 0.15) is 44.7 Å². The minimum Gasteiger partial charge on any atom is -0.311 e. The van der Waals surface area contributed by atoms with E-state index < -0.39 is 11.6 Å². The van der Waals surface area contributed by atoms with E-state index in [0.29, 0.717) is 27.9 Å². The van der Waals surface area contributed by atoms with Crippen LogP contribution in [0.3, 0.4) is 0 Å². The van der Waals surface area contributed by atoms with Crippen molar-refractivity contribution in [1.29, 1.82) is 0 Å². The summed E-state index contributed by atoms with van der Waals surface area (Å²) in [6, 6.07) is 13.8. The van der Waals surface area contributed by atoms with Crippen LogP contribution in [0.15, 0.2) is 60.8 Å². The third kappa shape index (κ3) is 4.24. The number of benzene rings is 3. The van der Waals surface area contributed by atoms with Gasteiger partial charge in [0, 0.05) is 40.6 Å². The van der Waals surface area contributed by atoms with E-state index in [-0.39, 0.29) is 49.2 Å². The molecule has 5 rings (SSSR count). The standard InChI is InChI=1S/C27H22F2N4O3/c1-16-14-30-33(15-18-13-19(28)10-11-22(18)29)25(16)31-23(34)9-4-12-32-26(35)20-7-2-5-17-6-3-8-21(24(17)20)27(32)36/h2-3,5-8,10-11,13-14H,4,9,12,15H2,1H3,(H,31,34). The number of aromatic nitrogens is 2. The molecule has 1 aromatic heterocycles. The highest BCUT2D eigenvalue weighted by Crippen LogP contribution is 2.30. The summed E-state index contributed by atoms with van der Waals surface area (Å²) in [7, 11) is 0. The molecule has 0 radical (unpaired) electrons. The van der Waals surface area contributed by atoms with Crippen LogP contribution in [0.4, 0.5) is 14.6 Å². The van der Waals surface area contributed by atoms with E-state index in [1.54, 1.807) is 31.2 Å². The van der Waals surface area contributed by atoms with E-state index in [4.69, 9.17) is 0 Å². The van der Waals surface area contributed by atoms with Gasteiger partial charge in [0.05, 0.1) is 12.7 Å². The van der Waals surface area contributed by atoms with Gasteiger partial charge in [0.1, 0.15) is 17.5 Å². The van der Waals surface area contributed by atoms with Crippen LogP contribution >= 0.6 is 0 Å². The number of nitrogens with zero attached hydrogens (tertiary/aromatic N) is 3. The van der Waals surface area contributed by atoms with Crippen molar-refractivity contribution in [3.8, 4) is 0 Å². The van der Waals surface area contributed by atoms with Crippen molar-refractivity contribution < 1.29 is 23.2 Å². The molecule has 0 aliphatic carbocycles. The molecule has 0 spiro atoms. The maximum absolute atomic E-state index is 14.1. The van der Waals surface area contributed by atoms with Crippen molar-refractivity contribution in [1.82, 2.24) is 14.7 Å². The monoisotopic (exact) mass is 488 g/mol. The normalized spacial score (nSPS) is 12.9. The fourth-order valence-electron chi connectivity index (χ4n) is 4.46. The minimum atomic E-state index is -0.574. The van der Waals surface area contributed by atoms with Crippen molar-refractivity contribution in [3.63, 3.8) is 0 Å². The van der Waals surface area contributed by atoms with E-state index in [1.165, 1.54) is 15.8 Å². The summed E-state index contributed by atoms with van der Waals surface area (Å²) in [5.74, 6) is -1.88. The fourth-order valence-corrected chi connectivity index (χ4v) is 4.46. The molecule has 0 atom stereocenters. The summed E-state index contributed by atoms with van der Waals surface area (Å²) >= 11 is 0. The molecule has 36 heavy (non-hydrogen) atoms. The van der Waals surface area contributed by atoms with Gasteiger partial charge in [0.25, 0.3) is 11.8 Å². The molecule has 0 unspecified atom stereocenters. The second-order valence-corrected chi connectivity index (χ2v) is 8.69. The molecule has 1 aliphatic heterocycles. The van der Waals surface area contributed by atoms with E-state index >= 15 is 0 Å².